The van der Waals surface area contributed by atoms with Crippen molar-refractivity contribution in [1.29, 1.82) is 0 Å². The highest BCUT2D eigenvalue weighted by Gasteiger charge is 2.21. The van der Waals surface area contributed by atoms with E-state index in [9.17, 15) is 0 Å². The minimum atomic E-state index is 0.682. The zero-order valence-corrected chi connectivity index (χ0v) is 9.72. The Kier molecular flexibility index (Phi) is 6.20. The van der Waals surface area contributed by atoms with E-state index >= 15 is 0 Å². The summed E-state index contributed by atoms with van der Waals surface area (Å²) in [4.78, 5) is 0. The third-order valence-electron chi connectivity index (χ3n) is 3.37. The minimum absolute atomic E-state index is 0.682. The molecule has 1 aliphatic carbocycles. The molecule has 0 aromatic heterocycles. The number of rotatable bonds is 6. The molecule has 1 aliphatic rings. The molecule has 84 valence electrons. The third-order valence-corrected chi connectivity index (χ3v) is 3.37. The molecule has 1 unspecified atom stereocenters. The second-order valence-corrected chi connectivity index (χ2v) is 4.28. The summed E-state index contributed by atoms with van der Waals surface area (Å²) in [6.45, 7) is 3.83. The van der Waals surface area contributed by atoms with E-state index in [1.54, 1.807) is 0 Å². The van der Waals surface area contributed by atoms with Gasteiger partial charge in [-0.3, -0.25) is 0 Å². The van der Waals surface area contributed by atoms with Crippen molar-refractivity contribution in [1.82, 2.24) is 5.32 Å². The van der Waals surface area contributed by atoms with Crippen molar-refractivity contribution in [3.8, 4) is 0 Å². The molecule has 0 spiro atoms. The normalized spacial score (nSPS) is 21.0. The van der Waals surface area contributed by atoms with E-state index in [1.807, 2.05) is 0 Å². The van der Waals surface area contributed by atoms with Crippen molar-refractivity contribution in [3.63, 3.8) is 0 Å². The summed E-state index contributed by atoms with van der Waals surface area (Å²) >= 11 is 0. The molecule has 0 amide bonds. The number of nitrogens with one attached hydrogen (secondary N) is 1. The van der Waals surface area contributed by atoms with Crippen LogP contribution in [0.25, 0.3) is 0 Å². The maximum absolute atomic E-state index is 5.42. The van der Waals surface area contributed by atoms with E-state index in [2.05, 4.69) is 19.3 Å². The highest BCUT2D eigenvalue weighted by molar-refractivity contribution is 4.78. The van der Waals surface area contributed by atoms with Crippen LogP contribution in [0.2, 0.25) is 0 Å². The van der Waals surface area contributed by atoms with Gasteiger partial charge >= 0.3 is 0 Å². The van der Waals surface area contributed by atoms with Gasteiger partial charge in [-0.2, -0.15) is 0 Å². The fraction of sp³-hybridized carbons (Fsp3) is 1.00. The lowest BCUT2D eigenvalue weighted by atomic mass is 9.83. The van der Waals surface area contributed by atoms with Crippen molar-refractivity contribution < 1.29 is 4.74 Å². The first-order valence-corrected chi connectivity index (χ1v) is 6.13. The van der Waals surface area contributed by atoms with Gasteiger partial charge in [0.15, 0.2) is 0 Å². The fourth-order valence-corrected chi connectivity index (χ4v) is 2.51. The van der Waals surface area contributed by atoms with Crippen LogP contribution in [0.15, 0.2) is 0 Å². The van der Waals surface area contributed by atoms with Crippen molar-refractivity contribution in [2.24, 2.45) is 5.92 Å². The summed E-state index contributed by atoms with van der Waals surface area (Å²) in [7, 11) is 2.09. The molecule has 14 heavy (non-hydrogen) atoms. The van der Waals surface area contributed by atoms with E-state index in [4.69, 9.17) is 4.74 Å². The van der Waals surface area contributed by atoms with Crippen molar-refractivity contribution >= 4 is 0 Å². The first kappa shape index (κ1) is 12.0. The van der Waals surface area contributed by atoms with Gasteiger partial charge in [-0.05, 0) is 39.2 Å². The largest absolute Gasteiger partial charge is 0.382 e. The van der Waals surface area contributed by atoms with Gasteiger partial charge in [0.2, 0.25) is 0 Å². The highest BCUT2D eigenvalue weighted by atomic mass is 16.5. The average Bonchev–Trinajstić information content (AvgIpc) is 2.26. The molecule has 0 aliphatic heterocycles. The SMILES string of the molecule is CCOCCC(NC)C1CCCCC1. The lowest BCUT2D eigenvalue weighted by Crippen LogP contribution is -2.35. The van der Waals surface area contributed by atoms with Gasteiger partial charge in [0.05, 0.1) is 0 Å². The van der Waals surface area contributed by atoms with E-state index in [-0.39, 0.29) is 0 Å². The second kappa shape index (κ2) is 7.24. The Morgan fingerprint density at radius 2 is 2.00 bits per heavy atom. The summed E-state index contributed by atoms with van der Waals surface area (Å²) in [5.74, 6) is 0.897. The Morgan fingerprint density at radius 1 is 1.29 bits per heavy atom. The summed E-state index contributed by atoms with van der Waals surface area (Å²) < 4.78 is 5.42. The number of hydrogen-bond acceptors (Lipinski definition) is 2. The summed E-state index contributed by atoms with van der Waals surface area (Å²) in [6.07, 6.45) is 8.30. The molecule has 1 atom stereocenters. The molecule has 0 saturated heterocycles. The Balaban J connectivity index is 2.21. The van der Waals surface area contributed by atoms with Crippen molar-refractivity contribution in [2.75, 3.05) is 20.3 Å². The first-order chi connectivity index (χ1) is 6.88. The van der Waals surface area contributed by atoms with Crippen LogP contribution in [0, 0.1) is 5.92 Å². The molecule has 1 fully saturated rings. The Hall–Kier alpha value is -0.0800. The van der Waals surface area contributed by atoms with E-state index < -0.39 is 0 Å². The summed E-state index contributed by atoms with van der Waals surface area (Å²) in [5, 5.41) is 3.45. The van der Waals surface area contributed by atoms with Crippen LogP contribution in [-0.2, 0) is 4.74 Å². The minimum Gasteiger partial charge on any atom is -0.382 e. The standard InChI is InChI=1S/C12H25NO/c1-3-14-10-9-12(13-2)11-7-5-4-6-8-11/h11-13H,3-10H2,1-2H3. The zero-order valence-electron chi connectivity index (χ0n) is 9.72. The highest BCUT2D eigenvalue weighted by Crippen LogP contribution is 2.27. The molecule has 2 nitrogen and oxygen atoms in total. The predicted octanol–water partition coefficient (Wildman–Crippen LogP) is 2.58. The molecule has 0 radical (unpaired) electrons. The molecule has 1 rings (SSSR count). The van der Waals surface area contributed by atoms with E-state index in [0.717, 1.165) is 19.1 Å². The fourth-order valence-electron chi connectivity index (χ4n) is 2.51. The Labute approximate surface area is 88.4 Å². The lowest BCUT2D eigenvalue weighted by molar-refractivity contribution is 0.124. The van der Waals surface area contributed by atoms with Crippen LogP contribution in [0.5, 0.6) is 0 Å². The lowest BCUT2D eigenvalue weighted by Gasteiger charge is -2.30. The van der Waals surface area contributed by atoms with Crippen LogP contribution >= 0.6 is 0 Å². The number of ether oxygens (including phenoxy) is 1. The molecule has 0 bridgehead atoms. The molecule has 0 aromatic rings. The van der Waals surface area contributed by atoms with Gasteiger partial charge < -0.3 is 10.1 Å². The van der Waals surface area contributed by atoms with Crippen LogP contribution in [0.1, 0.15) is 45.4 Å². The molecule has 2 heteroatoms. The van der Waals surface area contributed by atoms with Gasteiger partial charge in [-0.25, -0.2) is 0 Å². The second-order valence-electron chi connectivity index (χ2n) is 4.28. The van der Waals surface area contributed by atoms with Gasteiger partial charge in [0, 0.05) is 19.3 Å². The molecular formula is C12H25NO. The Morgan fingerprint density at radius 3 is 2.57 bits per heavy atom. The topological polar surface area (TPSA) is 21.3 Å². The summed E-state index contributed by atoms with van der Waals surface area (Å²) in [6, 6.07) is 0.682. The monoisotopic (exact) mass is 199 g/mol. The third kappa shape index (κ3) is 3.97. The maximum atomic E-state index is 5.42. The molecule has 1 N–H and O–H groups in total. The molecule has 0 aromatic carbocycles. The molecular weight excluding hydrogens is 174 g/mol. The number of hydrogen-bond donors (Lipinski definition) is 1. The zero-order chi connectivity index (χ0) is 10.2. The van der Waals surface area contributed by atoms with Crippen LogP contribution in [0.3, 0.4) is 0 Å². The molecule has 1 saturated carbocycles. The van der Waals surface area contributed by atoms with Crippen LogP contribution in [0.4, 0.5) is 0 Å². The van der Waals surface area contributed by atoms with Crippen LogP contribution in [-0.4, -0.2) is 26.3 Å². The first-order valence-electron chi connectivity index (χ1n) is 6.13. The van der Waals surface area contributed by atoms with Crippen molar-refractivity contribution in [3.05, 3.63) is 0 Å². The van der Waals surface area contributed by atoms with Gasteiger partial charge in [0.25, 0.3) is 0 Å². The molecule has 0 heterocycles. The van der Waals surface area contributed by atoms with Gasteiger partial charge in [0.1, 0.15) is 0 Å². The average molecular weight is 199 g/mol. The van der Waals surface area contributed by atoms with Gasteiger partial charge in [-0.15, -0.1) is 0 Å². The Bertz CT molecular complexity index is 132. The summed E-state index contributed by atoms with van der Waals surface area (Å²) in [5.41, 5.74) is 0. The van der Waals surface area contributed by atoms with Crippen LogP contribution < -0.4 is 5.32 Å². The van der Waals surface area contributed by atoms with E-state index in [0.29, 0.717) is 6.04 Å². The van der Waals surface area contributed by atoms with E-state index in [1.165, 1.54) is 38.5 Å². The maximum Gasteiger partial charge on any atom is 0.0480 e. The predicted molar refractivity (Wildman–Crippen MR) is 60.5 cm³/mol. The van der Waals surface area contributed by atoms with Crippen molar-refractivity contribution in [2.45, 2.75) is 51.5 Å². The smallest absolute Gasteiger partial charge is 0.0480 e. The quantitative estimate of drug-likeness (QED) is 0.664. The van der Waals surface area contributed by atoms with Gasteiger partial charge in [-0.1, -0.05) is 19.3 Å².